The number of aryl methyl sites for hydroxylation is 1. The Morgan fingerprint density at radius 2 is 2.22 bits per heavy atom. The third-order valence-electron chi connectivity index (χ3n) is 2.71. The molecule has 94 valence electrons. The Hall–Kier alpha value is -1.83. The molecular weight excluding hydrogens is 248 g/mol. The van der Waals surface area contributed by atoms with E-state index in [9.17, 15) is 0 Å². The van der Waals surface area contributed by atoms with Gasteiger partial charge in [-0.25, -0.2) is 0 Å². The van der Waals surface area contributed by atoms with Crippen molar-refractivity contribution in [3.63, 3.8) is 0 Å². The van der Waals surface area contributed by atoms with Gasteiger partial charge < -0.3 is 5.73 Å². The predicted octanol–water partition coefficient (Wildman–Crippen LogP) is 2.26. The Kier molecular flexibility index (Phi) is 4.90. The molecule has 4 nitrogen and oxygen atoms in total. The quantitative estimate of drug-likeness (QED) is 0.923. The molecule has 2 aromatic rings. The van der Waals surface area contributed by atoms with Crippen LogP contribution in [-0.4, -0.2) is 9.78 Å². The van der Waals surface area contributed by atoms with Crippen molar-refractivity contribution >= 4 is 12.4 Å². The van der Waals surface area contributed by atoms with Crippen LogP contribution in [0.5, 0.6) is 0 Å². The largest absolute Gasteiger partial charge is 0.326 e. The van der Waals surface area contributed by atoms with Crippen LogP contribution in [0.25, 0.3) is 11.1 Å². The summed E-state index contributed by atoms with van der Waals surface area (Å²) >= 11 is 0. The molecule has 5 heteroatoms. The molecule has 0 fully saturated rings. The fourth-order valence-corrected chi connectivity index (χ4v) is 1.77. The maximum atomic E-state index is 8.61. The lowest BCUT2D eigenvalue weighted by molar-refractivity contribution is 0.710. The average Bonchev–Trinajstić information content (AvgIpc) is 2.79. The molecule has 0 saturated carbocycles. The highest BCUT2D eigenvalue weighted by atomic mass is 35.5. The number of nitriles is 1. The average molecular weight is 263 g/mol. The Balaban J connectivity index is 0.00000162. The van der Waals surface area contributed by atoms with Crippen LogP contribution in [0.2, 0.25) is 0 Å². The fourth-order valence-electron chi connectivity index (χ4n) is 1.77. The van der Waals surface area contributed by atoms with E-state index in [0.29, 0.717) is 6.54 Å². The third-order valence-corrected chi connectivity index (χ3v) is 2.71. The van der Waals surface area contributed by atoms with Gasteiger partial charge in [0.2, 0.25) is 0 Å². The molecule has 0 atom stereocenters. The van der Waals surface area contributed by atoms with Crippen molar-refractivity contribution in [2.24, 2.45) is 5.73 Å². The molecule has 0 aliphatic carbocycles. The maximum Gasteiger partial charge on any atom is 0.128 e. The first kappa shape index (κ1) is 14.2. The molecule has 1 aromatic heterocycles. The highest BCUT2D eigenvalue weighted by Crippen LogP contribution is 2.24. The number of nitrogens with two attached hydrogens (primary N) is 1. The minimum absolute atomic E-state index is 0. The smallest absolute Gasteiger partial charge is 0.128 e. The molecule has 0 aliphatic rings. The van der Waals surface area contributed by atoms with Gasteiger partial charge in [0.05, 0.1) is 12.3 Å². The second kappa shape index (κ2) is 6.20. The lowest BCUT2D eigenvalue weighted by Crippen LogP contribution is -1.97. The first-order chi connectivity index (χ1) is 8.24. The van der Waals surface area contributed by atoms with E-state index in [1.807, 2.05) is 12.3 Å². The number of aromatic nitrogens is 2. The number of hydrogen-bond donors (Lipinski definition) is 1. The summed E-state index contributed by atoms with van der Waals surface area (Å²) in [5, 5.41) is 12.8. The van der Waals surface area contributed by atoms with Gasteiger partial charge >= 0.3 is 0 Å². The van der Waals surface area contributed by atoms with Crippen LogP contribution >= 0.6 is 12.4 Å². The SMILES string of the molecule is Cc1ccc(CN)cc1-c1cnn(CC#N)c1.Cl. The van der Waals surface area contributed by atoms with Gasteiger partial charge in [-0.15, -0.1) is 12.4 Å². The van der Waals surface area contributed by atoms with Crippen LogP contribution in [0.1, 0.15) is 11.1 Å². The number of nitrogens with zero attached hydrogens (tertiary/aromatic N) is 3. The van der Waals surface area contributed by atoms with Crippen LogP contribution in [-0.2, 0) is 13.1 Å². The van der Waals surface area contributed by atoms with Gasteiger partial charge in [-0.1, -0.05) is 12.1 Å². The molecule has 2 rings (SSSR count). The Bertz CT molecular complexity index is 569. The molecule has 0 unspecified atom stereocenters. The molecule has 0 saturated heterocycles. The summed E-state index contributed by atoms with van der Waals surface area (Å²) in [6.45, 7) is 2.85. The third kappa shape index (κ3) is 2.89. The molecule has 0 bridgehead atoms. The first-order valence-corrected chi connectivity index (χ1v) is 5.44. The van der Waals surface area contributed by atoms with Crippen LogP contribution in [0, 0.1) is 18.3 Å². The van der Waals surface area contributed by atoms with Crippen LogP contribution < -0.4 is 5.73 Å². The van der Waals surface area contributed by atoms with Crippen molar-refractivity contribution < 1.29 is 0 Å². The van der Waals surface area contributed by atoms with Crippen molar-refractivity contribution in [1.82, 2.24) is 9.78 Å². The van der Waals surface area contributed by atoms with E-state index in [1.165, 1.54) is 5.56 Å². The van der Waals surface area contributed by atoms with Gasteiger partial charge in [0.1, 0.15) is 6.54 Å². The highest BCUT2D eigenvalue weighted by Gasteiger charge is 2.05. The molecular formula is C13H15ClN4. The van der Waals surface area contributed by atoms with Crippen molar-refractivity contribution in [2.45, 2.75) is 20.0 Å². The lowest BCUT2D eigenvalue weighted by Gasteiger charge is -2.05. The van der Waals surface area contributed by atoms with Crippen molar-refractivity contribution in [3.05, 3.63) is 41.7 Å². The molecule has 18 heavy (non-hydrogen) atoms. The highest BCUT2D eigenvalue weighted by molar-refractivity contribution is 5.85. The van der Waals surface area contributed by atoms with E-state index < -0.39 is 0 Å². The van der Waals surface area contributed by atoms with Gasteiger partial charge in [-0.3, -0.25) is 4.68 Å². The van der Waals surface area contributed by atoms with E-state index in [0.717, 1.165) is 16.7 Å². The molecule has 0 amide bonds. The van der Waals surface area contributed by atoms with Crippen molar-refractivity contribution in [2.75, 3.05) is 0 Å². The molecule has 0 spiro atoms. The minimum Gasteiger partial charge on any atom is -0.326 e. The maximum absolute atomic E-state index is 8.61. The van der Waals surface area contributed by atoms with Crippen molar-refractivity contribution in [3.8, 4) is 17.2 Å². The van der Waals surface area contributed by atoms with Gasteiger partial charge in [-0.2, -0.15) is 10.4 Å². The summed E-state index contributed by atoms with van der Waals surface area (Å²) < 4.78 is 1.63. The standard InChI is InChI=1S/C13H14N4.ClH/c1-10-2-3-11(7-15)6-13(10)12-8-16-17(9-12)5-4-14;/h2-3,6,8-9H,5,7,15H2,1H3;1H. The number of hydrogen-bond acceptors (Lipinski definition) is 3. The number of halogens is 1. The monoisotopic (exact) mass is 262 g/mol. The minimum atomic E-state index is 0. The topological polar surface area (TPSA) is 67.6 Å². The zero-order chi connectivity index (χ0) is 12.3. The normalized spacial score (nSPS) is 9.61. The summed E-state index contributed by atoms with van der Waals surface area (Å²) in [4.78, 5) is 0. The van der Waals surface area contributed by atoms with E-state index >= 15 is 0 Å². The van der Waals surface area contributed by atoms with Crippen molar-refractivity contribution in [1.29, 1.82) is 5.26 Å². The van der Waals surface area contributed by atoms with Crippen LogP contribution in [0.4, 0.5) is 0 Å². The number of benzene rings is 1. The second-order valence-electron chi connectivity index (χ2n) is 3.94. The zero-order valence-electron chi connectivity index (χ0n) is 10.1. The molecule has 0 radical (unpaired) electrons. The summed E-state index contributed by atoms with van der Waals surface area (Å²) in [5.74, 6) is 0. The number of rotatable bonds is 3. The molecule has 2 N–H and O–H groups in total. The van der Waals surface area contributed by atoms with Gasteiger partial charge in [0, 0.05) is 18.3 Å². The second-order valence-corrected chi connectivity index (χ2v) is 3.94. The first-order valence-electron chi connectivity index (χ1n) is 5.44. The Labute approximate surface area is 112 Å². The Morgan fingerprint density at radius 3 is 2.89 bits per heavy atom. The molecule has 1 heterocycles. The summed E-state index contributed by atoms with van der Waals surface area (Å²) in [7, 11) is 0. The summed E-state index contributed by atoms with van der Waals surface area (Å²) in [6, 6.07) is 8.22. The zero-order valence-corrected chi connectivity index (χ0v) is 10.9. The van der Waals surface area contributed by atoms with Gasteiger partial charge in [0.25, 0.3) is 0 Å². The van der Waals surface area contributed by atoms with E-state index in [4.69, 9.17) is 11.0 Å². The summed E-state index contributed by atoms with van der Waals surface area (Å²) in [6.07, 6.45) is 3.66. The lowest BCUT2D eigenvalue weighted by atomic mass is 10.0. The summed E-state index contributed by atoms with van der Waals surface area (Å²) in [5.41, 5.74) is 10.1. The van der Waals surface area contributed by atoms with Crippen LogP contribution in [0.15, 0.2) is 30.6 Å². The van der Waals surface area contributed by atoms with E-state index in [-0.39, 0.29) is 19.0 Å². The molecule has 1 aromatic carbocycles. The predicted molar refractivity (Wildman–Crippen MR) is 73.2 cm³/mol. The Morgan fingerprint density at radius 1 is 1.44 bits per heavy atom. The van der Waals surface area contributed by atoms with Crippen LogP contribution in [0.3, 0.4) is 0 Å². The fraction of sp³-hybridized carbons (Fsp3) is 0.231. The molecule has 0 aliphatic heterocycles. The van der Waals surface area contributed by atoms with Gasteiger partial charge in [-0.05, 0) is 29.7 Å². The van der Waals surface area contributed by atoms with E-state index in [1.54, 1.807) is 10.9 Å². The van der Waals surface area contributed by atoms with E-state index in [2.05, 4.69) is 30.2 Å². The van der Waals surface area contributed by atoms with Gasteiger partial charge in [0.15, 0.2) is 0 Å².